The van der Waals surface area contributed by atoms with Crippen LogP contribution in [0.2, 0.25) is 0 Å². The number of hydrogen-bond donors (Lipinski definition) is 1. The van der Waals surface area contributed by atoms with E-state index in [1.54, 1.807) is 12.1 Å². The normalized spacial score (nSPS) is 18.1. The molecule has 1 heterocycles. The quantitative estimate of drug-likeness (QED) is 0.885. The molecule has 0 aliphatic heterocycles. The Labute approximate surface area is 104 Å². The number of aromatic nitrogens is 2. The molecule has 18 heavy (non-hydrogen) atoms. The molecule has 1 aliphatic rings. The van der Waals surface area contributed by atoms with E-state index in [-0.39, 0.29) is 5.82 Å². The number of benzene rings is 1. The number of nitrogens with two attached hydrogens (primary N) is 1. The Morgan fingerprint density at radius 1 is 1.17 bits per heavy atom. The molecule has 1 aliphatic carbocycles. The van der Waals surface area contributed by atoms with Gasteiger partial charge < -0.3 is 10.3 Å². The van der Waals surface area contributed by atoms with Crippen molar-refractivity contribution in [1.82, 2.24) is 10.1 Å². The first kappa shape index (κ1) is 11.3. The molecular weight excluding hydrogens is 233 g/mol. The van der Waals surface area contributed by atoms with Crippen molar-refractivity contribution in [3.05, 3.63) is 35.9 Å². The zero-order chi connectivity index (χ0) is 12.6. The highest BCUT2D eigenvalue weighted by atomic mass is 19.1. The van der Waals surface area contributed by atoms with Crippen LogP contribution in [0.4, 0.5) is 4.39 Å². The van der Waals surface area contributed by atoms with Crippen molar-refractivity contribution in [2.24, 2.45) is 5.73 Å². The number of halogens is 1. The van der Waals surface area contributed by atoms with Gasteiger partial charge in [0, 0.05) is 5.56 Å². The van der Waals surface area contributed by atoms with Gasteiger partial charge in [-0.25, -0.2) is 4.39 Å². The van der Waals surface area contributed by atoms with Gasteiger partial charge in [-0.05, 0) is 37.1 Å². The molecule has 5 heteroatoms. The Balaban J connectivity index is 1.91. The topological polar surface area (TPSA) is 64.9 Å². The van der Waals surface area contributed by atoms with Crippen LogP contribution in [0, 0.1) is 5.82 Å². The second-order valence-electron chi connectivity index (χ2n) is 4.79. The maximum Gasteiger partial charge on any atom is 0.257 e. The Bertz CT molecular complexity index is 544. The lowest BCUT2D eigenvalue weighted by molar-refractivity contribution is 0.372. The minimum atomic E-state index is -0.457. The maximum atomic E-state index is 12.8. The van der Waals surface area contributed by atoms with Gasteiger partial charge in [0.1, 0.15) is 5.82 Å². The maximum absolute atomic E-state index is 12.8. The highest BCUT2D eigenvalue weighted by Crippen LogP contribution is 2.35. The molecule has 0 saturated heterocycles. The predicted octanol–water partition coefficient (Wildman–Crippen LogP) is 2.60. The molecule has 0 unspecified atom stereocenters. The molecule has 3 rings (SSSR count). The van der Waals surface area contributed by atoms with E-state index in [9.17, 15) is 4.39 Å². The van der Waals surface area contributed by atoms with Crippen molar-refractivity contribution in [2.75, 3.05) is 0 Å². The fourth-order valence-corrected chi connectivity index (χ4v) is 2.36. The summed E-state index contributed by atoms with van der Waals surface area (Å²) in [5.74, 6) is 0.658. The largest absolute Gasteiger partial charge is 0.334 e. The van der Waals surface area contributed by atoms with Crippen LogP contribution in [-0.4, -0.2) is 10.1 Å². The van der Waals surface area contributed by atoms with Crippen molar-refractivity contribution >= 4 is 0 Å². The minimum absolute atomic E-state index is 0.287. The van der Waals surface area contributed by atoms with E-state index in [1.807, 2.05) is 0 Å². The second-order valence-corrected chi connectivity index (χ2v) is 4.79. The van der Waals surface area contributed by atoms with Crippen LogP contribution in [0.1, 0.15) is 31.5 Å². The number of hydrogen-bond acceptors (Lipinski definition) is 4. The fraction of sp³-hybridized carbons (Fsp3) is 0.385. The zero-order valence-electron chi connectivity index (χ0n) is 9.90. The third-order valence-corrected chi connectivity index (χ3v) is 3.46. The van der Waals surface area contributed by atoms with E-state index < -0.39 is 5.54 Å². The van der Waals surface area contributed by atoms with Crippen LogP contribution in [0.25, 0.3) is 11.5 Å². The highest BCUT2D eigenvalue weighted by Gasteiger charge is 2.36. The first-order chi connectivity index (χ1) is 8.67. The van der Waals surface area contributed by atoms with Crippen LogP contribution in [0.15, 0.2) is 28.8 Å². The minimum Gasteiger partial charge on any atom is -0.334 e. The molecule has 2 N–H and O–H groups in total. The standard InChI is InChI=1S/C13H14FN3O/c14-10-5-3-9(4-6-10)11-16-12(17-18-11)13(15)7-1-2-8-13/h3-6H,1-2,7-8,15H2. The van der Waals surface area contributed by atoms with Crippen LogP contribution < -0.4 is 5.73 Å². The van der Waals surface area contributed by atoms with Crippen LogP contribution in [0.3, 0.4) is 0 Å². The Morgan fingerprint density at radius 3 is 2.50 bits per heavy atom. The summed E-state index contributed by atoms with van der Waals surface area (Å²) in [6.45, 7) is 0. The summed E-state index contributed by atoms with van der Waals surface area (Å²) >= 11 is 0. The summed E-state index contributed by atoms with van der Waals surface area (Å²) in [6, 6.07) is 5.97. The number of nitrogens with zero attached hydrogens (tertiary/aromatic N) is 2. The first-order valence-electron chi connectivity index (χ1n) is 6.06. The third-order valence-electron chi connectivity index (χ3n) is 3.46. The lowest BCUT2D eigenvalue weighted by Gasteiger charge is -2.17. The molecule has 1 fully saturated rings. The van der Waals surface area contributed by atoms with Gasteiger partial charge in [0.15, 0.2) is 5.82 Å². The summed E-state index contributed by atoms with van der Waals surface area (Å²) in [5.41, 5.74) is 6.50. The summed E-state index contributed by atoms with van der Waals surface area (Å²) < 4.78 is 18.0. The van der Waals surface area contributed by atoms with E-state index in [0.717, 1.165) is 25.7 Å². The average molecular weight is 247 g/mol. The van der Waals surface area contributed by atoms with Gasteiger partial charge in [-0.3, -0.25) is 0 Å². The van der Waals surface area contributed by atoms with E-state index in [4.69, 9.17) is 10.3 Å². The molecule has 1 aromatic heterocycles. The Morgan fingerprint density at radius 2 is 1.83 bits per heavy atom. The van der Waals surface area contributed by atoms with Crippen LogP contribution >= 0.6 is 0 Å². The third kappa shape index (κ3) is 1.90. The second kappa shape index (κ2) is 4.17. The lowest BCUT2D eigenvalue weighted by Crippen LogP contribution is -2.34. The van der Waals surface area contributed by atoms with Crippen LogP contribution in [-0.2, 0) is 5.54 Å². The monoisotopic (exact) mass is 247 g/mol. The zero-order valence-corrected chi connectivity index (χ0v) is 9.90. The van der Waals surface area contributed by atoms with Crippen LogP contribution in [0.5, 0.6) is 0 Å². The first-order valence-corrected chi connectivity index (χ1v) is 6.06. The summed E-state index contributed by atoms with van der Waals surface area (Å²) in [7, 11) is 0. The van der Waals surface area contributed by atoms with Gasteiger partial charge in [0.25, 0.3) is 5.89 Å². The summed E-state index contributed by atoms with van der Waals surface area (Å²) in [4.78, 5) is 4.34. The van der Waals surface area contributed by atoms with Gasteiger partial charge in [-0.1, -0.05) is 18.0 Å². The van der Waals surface area contributed by atoms with E-state index in [2.05, 4.69) is 10.1 Å². The Hall–Kier alpha value is -1.75. The van der Waals surface area contributed by atoms with E-state index >= 15 is 0 Å². The molecular formula is C13H14FN3O. The number of rotatable bonds is 2. The van der Waals surface area contributed by atoms with Crippen molar-refractivity contribution < 1.29 is 8.91 Å². The summed E-state index contributed by atoms with van der Waals surface area (Å²) in [5, 5.41) is 3.96. The SMILES string of the molecule is NC1(c2noc(-c3ccc(F)cc3)n2)CCCC1. The fourth-order valence-electron chi connectivity index (χ4n) is 2.36. The molecule has 0 bridgehead atoms. The van der Waals surface area contributed by atoms with Crippen molar-refractivity contribution in [3.63, 3.8) is 0 Å². The molecule has 0 amide bonds. The molecule has 0 spiro atoms. The van der Waals surface area contributed by atoms with Crippen molar-refractivity contribution in [1.29, 1.82) is 0 Å². The molecule has 94 valence electrons. The van der Waals surface area contributed by atoms with E-state index in [0.29, 0.717) is 17.3 Å². The van der Waals surface area contributed by atoms with Gasteiger partial charge in [0.2, 0.25) is 0 Å². The van der Waals surface area contributed by atoms with Gasteiger partial charge >= 0.3 is 0 Å². The van der Waals surface area contributed by atoms with Gasteiger partial charge in [-0.15, -0.1) is 0 Å². The Kier molecular flexibility index (Phi) is 2.63. The molecule has 1 saturated carbocycles. The summed E-state index contributed by atoms with van der Waals surface area (Å²) in [6.07, 6.45) is 3.96. The van der Waals surface area contributed by atoms with E-state index in [1.165, 1.54) is 12.1 Å². The average Bonchev–Trinajstić information content (AvgIpc) is 2.99. The molecule has 1 aromatic carbocycles. The van der Waals surface area contributed by atoms with Gasteiger partial charge in [-0.2, -0.15) is 4.98 Å². The highest BCUT2D eigenvalue weighted by molar-refractivity contribution is 5.52. The van der Waals surface area contributed by atoms with Crippen molar-refractivity contribution in [3.8, 4) is 11.5 Å². The molecule has 0 atom stereocenters. The lowest BCUT2D eigenvalue weighted by atomic mass is 9.99. The predicted molar refractivity (Wildman–Crippen MR) is 64.0 cm³/mol. The van der Waals surface area contributed by atoms with Gasteiger partial charge in [0.05, 0.1) is 5.54 Å². The van der Waals surface area contributed by atoms with Crippen molar-refractivity contribution in [2.45, 2.75) is 31.2 Å². The molecule has 2 aromatic rings. The smallest absolute Gasteiger partial charge is 0.257 e. The molecule has 0 radical (unpaired) electrons. The molecule has 4 nitrogen and oxygen atoms in total.